The summed E-state index contributed by atoms with van der Waals surface area (Å²) in [6.45, 7) is 4.67. The van der Waals surface area contributed by atoms with Gasteiger partial charge in [0.25, 0.3) is 0 Å². The van der Waals surface area contributed by atoms with Gasteiger partial charge in [-0.2, -0.15) is 0 Å². The Balaban J connectivity index is 2.33. The molecule has 1 amide bonds. The van der Waals surface area contributed by atoms with Crippen molar-refractivity contribution in [1.29, 1.82) is 0 Å². The number of aliphatic carboxylic acids is 1. The molecule has 1 atom stereocenters. The maximum atomic E-state index is 11.8. The quantitative estimate of drug-likeness (QED) is 0.686. The molecule has 0 aromatic heterocycles. The Morgan fingerprint density at radius 3 is 2.29 bits per heavy atom. The minimum absolute atomic E-state index is 0.0119. The summed E-state index contributed by atoms with van der Waals surface area (Å²) >= 11 is 0. The lowest BCUT2D eigenvalue weighted by Crippen LogP contribution is -2.44. The highest BCUT2D eigenvalue weighted by Crippen LogP contribution is 2.16. The molecule has 0 bridgehead atoms. The van der Waals surface area contributed by atoms with Gasteiger partial charge in [0, 0.05) is 32.4 Å². The zero-order valence-corrected chi connectivity index (χ0v) is 12.6. The predicted octanol–water partition coefficient (Wildman–Crippen LogP) is 0.369. The van der Waals surface area contributed by atoms with Crippen molar-refractivity contribution >= 4 is 17.8 Å². The number of nitrogens with zero attached hydrogens (tertiary/aromatic N) is 1. The third-order valence-corrected chi connectivity index (χ3v) is 3.62. The third-order valence-electron chi connectivity index (χ3n) is 3.62. The minimum atomic E-state index is -0.977. The Kier molecular flexibility index (Phi) is 6.61. The van der Waals surface area contributed by atoms with Crippen LogP contribution in [-0.2, 0) is 19.1 Å². The largest absolute Gasteiger partial charge is 0.481 e. The number of ether oxygens (including phenoxy) is 1. The SMILES string of the molecule is CC(C)[C@H](N)C(=O)OC1CCN(C(=O)CCC(=O)O)CC1. The molecule has 1 rings (SSSR count). The average Bonchev–Trinajstić information content (AvgIpc) is 2.44. The van der Waals surface area contributed by atoms with E-state index in [-0.39, 0.29) is 30.8 Å². The van der Waals surface area contributed by atoms with Gasteiger partial charge in [-0.1, -0.05) is 13.8 Å². The molecule has 1 heterocycles. The Morgan fingerprint density at radius 1 is 1.24 bits per heavy atom. The first-order chi connectivity index (χ1) is 9.81. The van der Waals surface area contributed by atoms with Gasteiger partial charge >= 0.3 is 11.9 Å². The summed E-state index contributed by atoms with van der Waals surface area (Å²) in [5.41, 5.74) is 5.73. The van der Waals surface area contributed by atoms with E-state index in [4.69, 9.17) is 15.6 Å². The third kappa shape index (κ3) is 5.71. The van der Waals surface area contributed by atoms with Crippen LogP contribution in [-0.4, -0.2) is 53.1 Å². The van der Waals surface area contributed by atoms with Crippen LogP contribution in [0.15, 0.2) is 0 Å². The van der Waals surface area contributed by atoms with Gasteiger partial charge in [-0.3, -0.25) is 14.4 Å². The van der Waals surface area contributed by atoms with Crippen molar-refractivity contribution in [3.8, 4) is 0 Å². The van der Waals surface area contributed by atoms with E-state index >= 15 is 0 Å². The van der Waals surface area contributed by atoms with Gasteiger partial charge in [-0.05, 0) is 5.92 Å². The molecule has 21 heavy (non-hydrogen) atoms. The summed E-state index contributed by atoms with van der Waals surface area (Å²) in [6.07, 6.45) is 0.769. The lowest BCUT2D eigenvalue weighted by Gasteiger charge is -2.32. The summed E-state index contributed by atoms with van der Waals surface area (Å²) in [4.78, 5) is 35.6. The van der Waals surface area contributed by atoms with Crippen molar-refractivity contribution in [2.45, 2.75) is 51.7 Å². The molecule has 0 unspecified atom stereocenters. The standard InChI is InChI=1S/C14H24N2O5/c1-9(2)13(15)14(20)21-10-5-7-16(8-6-10)11(17)3-4-12(18)19/h9-10,13H,3-8,15H2,1-2H3,(H,18,19)/t13-/m0/s1. The van der Waals surface area contributed by atoms with Crippen molar-refractivity contribution in [3.63, 3.8) is 0 Å². The van der Waals surface area contributed by atoms with Crippen LogP contribution < -0.4 is 5.73 Å². The Hall–Kier alpha value is -1.63. The first kappa shape index (κ1) is 17.4. The van der Waals surface area contributed by atoms with Gasteiger partial charge in [-0.15, -0.1) is 0 Å². The smallest absolute Gasteiger partial charge is 0.323 e. The zero-order chi connectivity index (χ0) is 16.0. The Labute approximate surface area is 124 Å². The number of carbonyl (C=O) groups is 3. The van der Waals surface area contributed by atoms with E-state index in [0.717, 1.165) is 0 Å². The van der Waals surface area contributed by atoms with Crippen molar-refractivity contribution in [3.05, 3.63) is 0 Å². The Morgan fingerprint density at radius 2 is 1.81 bits per heavy atom. The van der Waals surface area contributed by atoms with Gasteiger partial charge in [0.15, 0.2) is 0 Å². The fourth-order valence-electron chi connectivity index (χ4n) is 2.11. The zero-order valence-electron chi connectivity index (χ0n) is 12.6. The highest BCUT2D eigenvalue weighted by Gasteiger charge is 2.27. The van der Waals surface area contributed by atoms with Crippen LogP contribution >= 0.6 is 0 Å². The van der Waals surface area contributed by atoms with Gasteiger partial charge in [-0.25, -0.2) is 0 Å². The molecular formula is C14H24N2O5. The second-order valence-electron chi connectivity index (χ2n) is 5.68. The number of piperidine rings is 1. The molecule has 120 valence electrons. The van der Waals surface area contributed by atoms with Crippen molar-refractivity contribution < 1.29 is 24.2 Å². The lowest BCUT2D eigenvalue weighted by molar-refractivity contribution is -0.155. The summed E-state index contributed by atoms with van der Waals surface area (Å²) in [7, 11) is 0. The second kappa shape index (κ2) is 7.97. The highest BCUT2D eigenvalue weighted by atomic mass is 16.5. The maximum absolute atomic E-state index is 11.8. The van der Waals surface area contributed by atoms with Gasteiger partial charge in [0.05, 0.1) is 6.42 Å². The molecule has 7 nitrogen and oxygen atoms in total. The number of esters is 1. The number of carboxylic acid groups (broad SMARTS) is 1. The van der Waals surface area contributed by atoms with E-state index in [1.807, 2.05) is 13.8 Å². The first-order valence-electron chi connectivity index (χ1n) is 7.27. The maximum Gasteiger partial charge on any atom is 0.323 e. The fraction of sp³-hybridized carbons (Fsp3) is 0.786. The van der Waals surface area contributed by atoms with Gasteiger partial charge < -0.3 is 20.5 Å². The van der Waals surface area contributed by atoms with Crippen molar-refractivity contribution in [2.24, 2.45) is 11.7 Å². The molecule has 0 aromatic rings. The molecule has 0 spiro atoms. The van der Waals surface area contributed by atoms with E-state index in [9.17, 15) is 14.4 Å². The van der Waals surface area contributed by atoms with E-state index < -0.39 is 18.0 Å². The summed E-state index contributed by atoms with van der Waals surface area (Å²) < 4.78 is 5.34. The average molecular weight is 300 g/mol. The van der Waals surface area contributed by atoms with Crippen LogP contribution in [0.1, 0.15) is 39.5 Å². The normalized spacial score (nSPS) is 17.6. The fourth-order valence-corrected chi connectivity index (χ4v) is 2.11. The molecule has 7 heteroatoms. The van der Waals surface area contributed by atoms with Crippen LogP contribution in [0, 0.1) is 5.92 Å². The predicted molar refractivity (Wildman–Crippen MR) is 75.4 cm³/mol. The summed E-state index contributed by atoms with van der Waals surface area (Å²) in [6, 6.07) is -0.625. The Bertz CT molecular complexity index is 389. The summed E-state index contributed by atoms with van der Waals surface area (Å²) in [5.74, 6) is -1.52. The first-order valence-corrected chi connectivity index (χ1v) is 7.27. The van der Waals surface area contributed by atoms with Crippen LogP contribution in [0.5, 0.6) is 0 Å². The van der Waals surface area contributed by atoms with Crippen LogP contribution in [0.25, 0.3) is 0 Å². The van der Waals surface area contributed by atoms with Crippen LogP contribution in [0.2, 0.25) is 0 Å². The summed E-state index contributed by atoms with van der Waals surface area (Å²) in [5, 5.41) is 8.56. The number of nitrogens with two attached hydrogens (primary N) is 1. The topological polar surface area (TPSA) is 110 Å². The van der Waals surface area contributed by atoms with Crippen LogP contribution in [0.4, 0.5) is 0 Å². The number of hydrogen-bond donors (Lipinski definition) is 2. The molecule has 1 saturated heterocycles. The molecule has 0 saturated carbocycles. The van der Waals surface area contributed by atoms with Crippen LogP contribution in [0.3, 0.4) is 0 Å². The monoisotopic (exact) mass is 300 g/mol. The second-order valence-corrected chi connectivity index (χ2v) is 5.68. The molecule has 0 aromatic carbocycles. The number of carbonyl (C=O) groups excluding carboxylic acids is 2. The number of amides is 1. The van der Waals surface area contributed by atoms with Crippen molar-refractivity contribution in [2.75, 3.05) is 13.1 Å². The lowest BCUT2D eigenvalue weighted by atomic mass is 10.0. The van der Waals surface area contributed by atoms with E-state index in [1.165, 1.54) is 0 Å². The van der Waals surface area contributed by atoms with Gasteiger partial charge in [0.2, 0.25) is 5.91 Å². The molecule has 1 aliphatic rings. The molecule has 0 radical (unpaired) electrons. The molecule has 3 N–H and O–H groups in total. The van der Waals surface area contributed by atoms with E-state index in [1.54, 1.807) is 4.90 Å². The number of likely N-dealkylation sites (tertiary alicyclic amines) is 1. The van der Waals surface area contributed by atoms with Crippen molar-refractivity contribution in [1.82, 2.24) is 4.90 Å². The van der Waals surface area contributed by atoms with E-state index in [0.29, 0.717) is 25.9 Å². The van der Waals surface area contributed by atoms with Gasteiger partial charge in [0.1, 0.15) is 12.1 Å². The minimum Gasteiger partial charge on any atom is -0.481 e. The van der Waals surface area contributed by atoms with E-state index in [2.05, 4.69) is 0 Å². The molecule has 0 aliphatic carbocycles. The number of rotatable bonds is 6. The molecular weight excluding hydrogens is 276 g/mol. The molecule has 1 aliphatic heterocycles. The molecule has 1 fully saturated rings. The number of carboxylic acids is 1. The number of hydrogen-bond acceptors (Lipinski definition) is 5. The highest BCUT2D eigenvalue weighted by molar-refractivity contribution is 5.80.